The number of rotatable bonds is 4. The van der Waals surface area contributed by atoms with Crippen molar-refractivity contribution in [3.63, 3.8) is 0 Å². The number of hydrogen-bond acceptors (Lipinski definition) is 4. The van der Waals surface area contributed by atoms with Gasteiger partial charge in [0.1, 0.15) is 5.75 Å². The lowest BCUT2D eigenvalue weighted by Gasteiger charge is -2.19. The van der Waals surface area contributed by atoms with Crippen molar-refractivity contribution in [2.75, 3.05) is 18.5 Å². The standard InChI is InChI=1S/C15H16BrNO4/c16-11-7-12-14(21-8-15(19)17-12)6-10(11)13(18)4-3-9-2-1-5-20-9/h6-7,9H,1-5,8H2,(H,17,19). The van der Waals surface area contributed by atoms with Crippen molar-refractivity contribution in [1.82, 2.24) is 0 Å². The second-order valence-corrected chi connectivity index (χ2v) is 6.12. The summed E-state index contributed by atoms with van der Waals surface area (Å²) >= 11 is 3.39. The summed E-state index contributed by atoms with van der Waals surface area (Å²) in [5.74, 6) is 0.408. The normalized spacial score (nSPS) is 20.6. The Labute approximate surface area is 131 Å². The van der Waals surface area contributed by atoms with Gasteiger partial charge in [-0.05, 0) is 47.3 Å². The van der Waals surface area contributed by atoms with E-state index >= 15 is 0 Å². The van der Waals surface area contributed by atoms with Crippen molar-refractivity contribution < 1.29 is 19.1 Å². The fraction of sp³-hybridized carbons (Fsp3) is 0.467. The predicted octanol–water partition coefficient (Wildman–Crippen LogP) is 2.92. The van der Waals surface area contributed by atoms with E-state index in [0.717, 1.165) is 25.9 Å². The minimum absolute atomic E-state index is 0.0157. The Bertz CT molecular complexity index is 581. The molecule has 0 aromatic heterocycles. The van der Waals surface area contributed by atoms with Crippen LogP contribution in [0.4, 0.5) is 5.69 Å². The minimum atomic E-state index is -0.188. The molecule has 1 fully saturated rings. The molecule has 5 nitrogen and oxygen atoms in total. The van der Waals surface area contributed by atoms with Crippen molar-refractivity contribution >= 4 is 33.3 Å². The fourth-order valence-electron chi connectivity index (χ4n) is 2.61. The summed E-state index contributed by atoms with van der Waals surface area (Å²) in [4.78, 5) is 23.6. The van der Waals surface area contributed by atoms with Gasteiger partial charge in [0, 0.05) is 23.1 Å². The lowest BCUT2D eigenvalue weighted by atomic mass is 10.0. The lowest BCUT2D eigenvalue weighted by molar-refractivity contribution is -0.118. The molecule has 1 N–H and O–H groups in total. The summed E-state index contributed by atoms with van der Waals surface area (Å²) in [5, 5.41) is 2.72. The topological polar surface area (TPSA) is 64.6 Å². The van der Waals surface area contributed by atoms with Crippen LogP contribution >= 0.6 is 15.9 Å². The Morgan fingerprint density at radius 3 is 3.05 bits per heavy atom. The van der Waals surface area contributed by atoms with Crippen molar-refractivity contribution in [1.29, 1.82) is 0 Å². The third-order valence-electron chi connectivity index (χ3n) is 3.72. The zero-order valence-corrected chi connectivity index (χ0v) is 13.1. The van der Waals surface area contributed by atoms with Crippen LogP contribution in [0.25, 0.3) is 0 Å². The number of fused-ring (bicyclic) bond motifs is 1. The van der Waals surface area contributed by atoms with Crippen LogP contribution in [0.2, 0.25) is 0 Å². The van der Waals surface area contributed by atoms with E-state index in [0.29, 0.717) is 27.9 Å². The molecule has 0 bridgehead atoms. The highest BCUT2D eigenvalue weighted by Gasteiger charge is 2.22. The molecular weight excluding hydrogens is 338 g/mol. The molecule has 2 heterocycles. The minimum Gasteiger partial charge on any atom is -0.482 e. The van der Waals surface area contributed by atoms with E-state index in [1.54, 1.807) is 12.1 Å². The van der Waals surface area contributed by atoms with Gasteiger partial charge in [0.25, 0.3) is 5.91 Å². The summed E-state index contributed by atoms with van der Waals surface area (Å²) in [7, 11) is 0. The molecule has 0 radical (unpaired) electrons. The molecule has 21 heavy (non-hydrogen) atoms. The molecule has 1 aromatic carbocycles. The van der Waals surface area contributed by atoms with E-state index in [4.69, 9.17) is 9.47 Å². The zero-order valence-electron chi connectivity index (χ0n) is 11.5. The molecule has 0 saturated carbocycles. The van der Waals surface area contributed by atoms with Gasteiger partial charge < -0.3 is 14.8 Å². The van der Waals surface area contributed by atoms with Crippen LogP contribution < -0.4 is 10.1 Å². The number of benzene rings is 1. The van der Waals surface area contributed by atoms with Gasteiger partial charge in [0.05, 0.1) is 11.8 Å². The van der Waals surface area contributed by atoms with Crippen LogP contribution in [-0.2, 0) is 9.53 Å². The van der Waals surface area contributed by atoms with E-state index in [1.165, 1.54) is 0 Å². The first-order valence-electron chi connectivity index (χ1n) is 7.04. The molecule has 112 valence electrons. The zero-order chi connectivity index (χ0) is 14.8. The summed E-state index contributed by atoms with van der Waals surface area (Å²) in [6.07, 6.45) is 3.53. The number of halogens is 1. The van der Waals surface area contributed by atoms with Crippen LogP contribution in [0.15, 0.2) is 16.6 Å². The Hall–Kier alpha value is -1.40. The Morgan fingerprint density at radius 1 is 1.43 bits per heavy atom. The van der Waals surface area contributed by atoms with Gasteiger partial charge in [-0.2, -0.15) is 0 Å². The Balaban J connectivity index is 1.72. The summed E-state index contributed by atoms with van der Waals surface area (Å²) in [6, 6.07) is 3.41. The maximum Gasteiger partial charge on any atom is 0.262 e. The molecule has 6 heteroatoms. The van der Waals surface area contributed by atoms with Gasteiger partial charge in [0.15, 0.2) is 12.4 Å². The number of ether oxygens (including phenoxy) is 2. The molecule has 2 aliphatic heterocycles. The quantitative estimate of drug-likeness (QED) is 0.845. The molecule has 0 spiro atoms. The first-order valence-corrected chi connectivity index (χ1v) is 7.84. The number of ketones is 1. The van der Waals surface area contributed by atoms with E-state index < -0.39 is 0 Å². The second kappa shape index (κ2) is 6.15. The van der Waals surface area contributed by atoms with Crippen molar-refractivity contribution in [3.8, 4) is 5.75 Å². The molecule has 1 aromatic rings. The maximum atomic E-state index is 12.3. The van der Waals surface area contributed by atoms with Crippen molar-refractivity contribution in [3.05, 3.63) is 22.2 Å². The van der Waals surface area contributed by atoms with Gasteiger partial charge in [-0.1, -0.05) is 0 Å². The van der Waals surface area contributed by atoms with E-state index in [9.17, 15) is 9.59 Å². The van der Waals surface area contributed by atoms with E-state index in [1.807, 2.05) is 0 Å². The lowest BCUT2D eigenvalue weighted by Crippen LogP contribution is -2.25. The van der Waals surface area contributed by atoms with Crippen LogP contribution in [0.1, 0.15) is 36.0 Å². The average molecular weight is 354 g/mol. The SMILES string of the molecule is O=C1COc2cc(C(=O)CCC3CCCO3)c(Br)cc2N1. The van der Waals surface area contributed by atoms with Crippen molar-refractivity contribution in [2.24, 2.45) is 0 Å². The van der Waals surface area contributed by atoms with E-state index in [2.05, 4.69) is 21.2 Å². The Morgan fingerprint density at radius 2 is 2.29 bits per heavy atom. The summed E-state index contributed by atoms with van der Waals surface area (Å²) in [6.45, 7) is 0.785. The van der Waals surface area contributed by atoms with Gasteiger partial charge in [-0.15, -0.1) is 0 Å². The van der Waals surface area contributed by atoms with E-state index in [-0.39, 0.29) is 24.4 Å². The molecule has 1 atom stereocenters. The highest BCUT2D eigenvalue weighted by Crippen LogP contribution is 2.34. The first kappa shape index (κ1) is 14.5. The molecule has 3 rings (SSSR count). The number of Topliss-reactive ketones (excluding diaryl/α,β-unsaturated/α-hetero) is 1. The van der Waals surface area contributed by atoms with Gasteiger partial charge in [0.2, 0.25) is 0 Å². The Kier molecular flexibility index (Phi) is 4.26. The molecule has 1 unspecified atom stereocenters. The number of hydrogen-bond donors (Lipinski definition) is 1. The summed E-state index contributed by atoms with van der Waals surface area (Å²) < 4.78 is 11.6. The average Bonchev–Trinajstić information content (AvgIpc) is 2.97. The number of amides is 1. The van der Waals surface area contributed by atoms with Crippen LogP contribution in [0.3, 0.4) is 0 Å². The highest BCUT2D eigenvalue weighted by molar-refractivity contribution is 9.10. The first-order chi connectivity index (χ1) is 10.1. The van der Waals surface area contributed by atoms with Gasteiger partial charge in [-0.25, -0.2) is 0 Å². The van der Waals surface area contributed by atoms with Crippen LogP contribution in [0.5, 0.6) is 5.75 Å². The molecular formula is C15H16BrNO4. The fourth-order valence-corrected chi connectivity index (χ4v) is 3.18. The molecule has 1 amide bonds. The van der Waals surface area contributed by atoms with Crippen LogP contribution in [0, 0.1) is 0 Å². The van der Waals surface area contributed by atoms with Gasteiger partial charge >= 0.3 is 0 Å². The molecule has 2 aliphatic rings. The smallest absolute Gasteiger partial charge is 0.262 e. The van der Waals surface area contributed by atoms with Gasteiger partial charge in [-0.3, -0.25) is 9.59 Å². The summed E-state index contributed by atoms with van der Waals surface area (Å²) in [5.41, 5.74) is 1.18. The third-order valence-corrected chi connectivity index (χ3v) is 4.38. The highest BCUT2D eigenvalue weighted by atomic mass is 79.9. The largest absolute Gasteiger partial charge is 0.482 e. The number of carbonyl (C=O) groups is 2. The molecule has 0 aliphatic carbocycles. The number of carbonyl (C=O) groups excluding carboxylic acids is 2. The maximum absolute atomic E-state index is 12.3. The molecule has 1 saturated heterocycles. The van der Waals surface area contributed by atoms with Crippen molar-refractivity contribution in [2.45, 2.75) is 31.8 Å². The second-order valence-electron chi connectivity index (χ2n) is 5.26. The predicted molar refractivity (Wildman–Crippen MR) is 80.8 cm³/mol. The number of nitrogens with one attached hydrogen (secondary N) is 1. The number of anilines is 1. The third kappa shape index (κ3) is 3.27. The monoisotopic (exact) mass is 353 g/mol. The van der Waals surface area contributed by atoms with Crippen LogP contribution in [-0.4, -0.2) is 31.0 Å².